The van der Waals surface area contributed by atoms with E-state index < -0.39 is 16.9 Å². The fourth-order valence-electron chi connectivity index (χ4n) is 4.54. The number of carbonyl (C=O) groups excluding carboxylic acids is 2. The van der Waals surface area contributed by atoms with Gasteiger partial charge < -0.3 is 14.5 Å². The molecule has 2 aromatic carbocycles. The molecular weight excluding hydrogens is 522 g/mol. The number of aryl methyl sites for hydroxylation is 1. The van der Waals surface area contributed by atoms with E-state index in [1.54, 1.807) is 42.9 Å². The number of furan rings is 1. The summed E-state index contributed by atoms with van der Waals surface area (Å²) in [6, 6.07) is 14.1. The molecule has 0 bridgehead atoms. The number of halogens is 1. The molecule has 11 heteroatoms. The third-order valence-corrected chi connectivity index (χ3v) is 6.67. The molecule has 0 spiro atoms. The van der Waals surface area contributed by atoms with Crippen molar-refractivity contribution >= 4 is 40.1 Å². The number of ether oxygens (including phenoxy) is 1. The summed E-state index contributed by atoms with van der Waals surface area (Å²) in [6.07, 6.45) is -0.0410. The number of carbonyl (C=O) groups is 2. The molecule has 0 fully saturated rings. The Labute approximate surface area is 230 Å². The highest BCUT2D eigenvalue weighted by molar-refractivity contribution is 6.32. The summed E-state index contributed by atoms with van der Waals surface area (Å²) in [7, 11) is 3.21. The smallest absolute Gasteiger partial charge is 0.297 e. The molecule has 0 saturated heterocycles. The minimum Gasteiger partial charge on any atom is -0.461 e. The van der Waals surface area contributed by atoms with E-state index in [0.29, 0.717) is 33.3 Å². The van der Waals surface area contributed by atoms with Crippen LogP contribution in [0.5, 0.6) is 0 Å². The Morgan fingerprint density at radius 3 is 2.54 bits per heavy atom. The largest absolute Gasteiger partial charge is 0.461 e. The van der Waals surface area contributed by atoms with Gasteiger partial charge in [0.2, 0.25) is 5.91 Å². The van der Waals surface area contributed by atoms with Gasteiger partial charge in [0.15, 0.2) is 5.69 Å². The predicted molar refractivity (Wildman–Crippen MR) is 150 cm³/mol. The van der Waals surface area contributed by atoms with Crippen LogP contribution in [0.1, 0.15) is 42.1 Å². The van der Waals surface area contributed by atoms with Crippen LogP contribution in [0, 0.1) is 12.3 Å². The molecule has 0 radical (unpaired) electrons. The molecule has 2 amide bonds. The first-order valence-corrected chi connectivity index (χ1v) is 12.7. The molecule has 0 unspecified atom stereocenters. The van der Waals surface area contributed by atoms with Gasteiger partial charge in [-0.05, 0) is 42.7 Å². The third-order valence-electron chi connectivity index (χ3n) is 6.46. The van der Waals surface area contributed by atoms with Crippen LogP contribution in [0.25, 0.3) is 16.7 Å². The van der Waals surface area contributed by atoms with E-state index in [9.17, 15) is 14.4 Å². The summed E-state index contributed by atoms with van der Waals surface area (Å²) >= 11 is 6.21. The number of fused-ring (bicyclic) bond motifs is 1. The zero-order valence-corrected chi connectivity index (χ0v) is 23.3. The molecule has 0 atom stereocenters. The van der Waals surface area contributed by atoms with Gasteiger partial charge in [-0.15, -0.1) is 0 Å². The summed E-state index contributed by atoms with van der Waals surface area (Å²) in [5.74, 6) is 6.05. The number of anilines is 1. The monoisotopic (exact) mass is 553 g/mol. The lowest BCUT2D eigenvalue weighted by Gasteiger charge is -2.26. The highest BCUT2D eigenvalue weighted by atomic mass is 35.5. The first-order chi connectivity index (χ1) is 18.4. The van der Waals surface area contributed by atoms with E-state index in [4.69, 9.17) is 26.6 Å². The van der Waals surface area contributed by atoms with Gasteiger partial charge in [0.25, 0.3) is 11.5 Å². The highest BCUT2D eigenvalue weighted by Gasteiger charge is 2.31. The number of benzene rings is 2. The minimum absolute atomic E-state index is 0.0301. The van der Waals surface area contributed by atoms with Gasteiger partial charge in [0.05, 0.1) is 23.6 Å². The Balaban J connectivity index is 1.53. The second-order valence-electron chi connectivity index (χ2n) is 10.2. The van der Waals surface area contributed by atoms with Crippen molar-refractivity contribution < 1.29 is 18.7 Å². The second-order valence-corrected chi connectivity index (χ2v) is 10.7. The topological polar surface area (TPSA) is 125 Å². The molecule has 0 saturated carbocycles. The first-order valence-electron chi connectivity index (χ1n) is 12.3. The fraction of sp³-hybridized carbons (Fsp3) is 0.321. The SMILES string of the molecule is COCc1c(N(N)C(=O)CC(C)(C)CNC(=O)c2cc(Cl)cc3cc(C)oc23)c(=O)n(-c2ccccc2)n1C. The number of amides is 2. The maximum atomic E-state index is 13.4. The maximum Gasteiger partial charge on any atom is 0.297 e. The summed E-state index contributed by atoms with van der Waals surface area (Å²) in [5, 5.41) is 4.90. The first kappa shape index (κ1) is 28.2. The van der Waals surface area contributed by atoms with Crippen molar-refractivity contribution in [3.63, 3.8) is 0 Å². The summed E-state index contributed by atoms with van der Waals surface area (Å²) < 4.78 is 14.1. The van der Waals surface area contributed by atoms with Crippen molar-refractivity contribution in [2.45, 2.75) is 33.8 Å². The number of hydrogen-bond donors (Lipinski definition) is 2. The Morgan fingerprint density at radius 2 is 1.87 bits per heavy atom. The van der Waals surface area contributed by atoms with Crippen LogP contribution in [0.3, 0.4) is 0 Å². The number of methoxy groups -OCH3 is 1. The number of para-hydroxylation sites is 1. The minimum atomic E-state index is -0.699. The van der Waals surface area contributed by atoms with Crippen LogP contribution in [0.4, 0.5) is 5.69 Å². The van der Waals surface area contributed by atoms with E-state index in [2.05, 4.69) is 5.32 Å². The lowest BCUT2D eigenvalue weighted by Crippen LogP contribution is -2.45. The van der Waals surface area contributed by atoms with Crippen LogP contribution < -0.4 is 21.7 Å². The van der Waals surface area contributed by atoms with Crippen molar-refractivity contribution in [3.8, 4) is 5.69 Å². The predicted octanol–water partition coefficient (Wildman–Crippen LogP) is 4.08. The fourth-order valence-corrected chi connectivity index (χ4v) is 4.77. The van der Waals surface area contributed by atoms with Crippen LogP contribution in [-0.2, 0) is 23.2 Å². The van der Waals surface area contributed by atoms with E-state index >= 15 is 0 Å². The maximum absolute atomic E-state index is 13.4. The molecule has 0 aliphatic carbocycles. The summed E-state index contributed by atoms with van der Waals surface area (Å²) in [5.41, 5.74) is 0.713. The number of rotatable bonds is 9. The van der Waals surface area contributed by atoms with E-state index in [1.807, 2.05) is 38.1 Å². The Morgan fingerprint density at radius 1 is 1.18 bits per heavy atom. The number of nitrogens with zero attached hydrogens (tertiary/aromatic N) is 3. The molecule has 0 aliphatic rings. The zero-order chi connectivity index (χ0) is 28.5. The van der Waals surface area contributed by atoms with Gasteiger partial charge in [-0.3, -0.25) is 19.1 Å². The molecule has 206 valence electrons. The van der Waals surface area contributed by atoms with Crippen LogP contribution in [0.2, 0.25) is 5.02 Å². The number of hydrogen-bond acceptors (Lipinski definition) is 6. The molecule has 0 aliphatic heterocycles. The molecular formula is C28H32ClN5O5. The Hall–Kier alpha value is -3.86. The molecule has 2 aromatic heterocycles. The van der Waals surface area contributed by atoms with E-state index in [0.717, 1.165) is 10.4 Å². The standard InChI is InChI=1S/C28H32ClN5O5/c1-17-11-18-12-19(29)13-21(25(18)39-17)26(36)31-16-28(2,3)14-23(35)33(30)24-22(15-38-5)32(4)34(27(24)37)20-9-7-6-8-10-20/h6-13H,14-16,30H2,1-5H3,(H,31,36). The van der Waals surface area contributed by atoms with Gasteiger partial charge in [-0.25, -0.2) is 15.5 Å². The molecule has 10 nitrogen and oxygen atoms in total. The van der Waals surface area contributed by atoms with Gasteiger partial charge >= 0.3 is 0 Å². The van der Waals surface area contributed by atoms with Crippen LogP contribution >= 0.6 is 11.6 Å². The lowest BCUT2D eigenvalue weighted by molar-refractivity contribution is -0.120. The van der Waals surface area contributed by atoms with Gasteiger partial charge in [-0.2, -0.15) is 0 Å². The molecule has 4 aromatic rings. The third kappa shape index (κ3) is 5.78. The Kier molecular flexibility index (Phi) is 8.01. The Bertz CT molecular complexity index is 1590. The zero-order valence-electron chi connectivity index (χ0n) is 22.6. The van der Waals surface area contributed by atoms with Crippen LogP contribution in [0.15, 0.2) is 57.7 Å². The van der Waals surface area contributed by atoms with Crippen molar-refractivity contribution in [1.29, 1.82) is 0 Å². The average Bonchev–Trinajstić information content (AvgIpc) is 3.37. The van der Waals surface area contributed by atoms with E-state index in [1.165, 1.54) is 11.8 Å². The highest BCUT2D eigenvalue weighted by Crippen LogP contribution is 2.28. The second kappa shape index (κ2) is 11.1. The van der Waals surface area contributed by atoms with Gasteiger partial charge in [0, 0.05) is 37.5 Å². The summed E-state index contributed by atoms with van der Waals surface area (Å²) in [6.45, 7) is 5.68. The molecule has 39 heavy (non-hydrogen) atoms. The van der Waals surface area contributed by atoms with Crippen molar-refractivity contribution in [2.75, 3.05) is 18.7 Å². The summed E-state index contributed by atoms with van der Waals surface area (Å²) in [4.78, 5) is 39.8. The van der Waals surface area contributed by atoms with Crippen molar-refractivity contribution in [2.24, 2.45) is 18.3 Å². The molecule has 4 rings (SSSR count). The number of nitrogens with one attached hydrogen (secondary N) is 1. The molecule has 2 heterocycles. The molecule has 3 N–H and O–H groups in total. The number of nitrogens with two attached hydrogens (primary N) is 1. The van der Waals surface area contributed by atoms with E-state index in [-0.39, 0.29) is 31.2 Å². The lowest BCUT2D eigenvalue weighted by atomic mass is 9.88. The van der Waals surface area contributed by atoms with Gasteiger partial charge in [-0.1, -0.05) is 43.6 Å². The normalized spacial score (nSPS) is 11.7. The van der Waals surface area contributed by atoms with Crippen LogP contribution in [-0.4, -0.2) is 34.8 Å². The van der Waals surface area contributed by atoms with Gasteiger partial charge in [0.1, 0.15) is 11.3 Å². The average molecular weight is 554 g/mol. The van der Waals surface area contributed by atoms with Crippen molar-refractivity contribution in [3.05, 3.63) is 80.9 Å². The van der Waals surface area contributed by atoms with Crippen molar-refractivity contribution in [1.82, 2.24) is 14.7 Å². The number of aromatic nitrogens is 2. The quantitative estimate of drug-likeness (QED) is 0.183. The number of hydrazine groups is 1.